The van der Waals surface area contributed by atoms with Crippen molar-refractivity contribution >= 4 is 31.9 Å². The molecule has 1 fully saturated rings. The first-order chi connectivity index (χ1) is 9.83. The highest BCUT2D eigenvalue weighted by Gasteiger charge is 2.33. The number of hydrogen-bond acceptors (Lipinski definition) is 4. The highest BCUT2D eigenvalue weighted by atomic mass is 79.9. The molecule has 1 aliphatic rings. The number of aromatic carboxylic acids is 1. The summed E-state index contributed by atoms with van der Waals surface area (Å²) in [6.07, 6.45) is 1.37. The number of halogens is 1. The van der Waals surface area contributed by atoms with Gasteiger partial charge in [0.1, 0.15) is 0 Å². The summed E-state index contributed by atoms with van der Waals surface area (Å²) in [5.41, 5.74) is -0.0846. The Morgan fingerprint density at radius 1 is 1.48 bits per heavy atom. The van der Waals surface area contributed by atoms with E-state index in [1.54, 1.807) is 0 Å². The summed E-state index contributed by atoms with van der Waals surface area (Å²) in [5.74, 6) is -1.18. The maximum atomic E-state index is 12.2. The zero-order valence-electron chi connectivity index (χ0n) is 11.4. The molecule has 0 bridgehead atoms. The maximum Gasteiger partial charge on any atom is 0.336 e. The Kier molecular flexibility index (Phi) is 5.03. The van der Waals surface area contributed by atoms with Crippen molar-refractivity contribution in [2.24, 2.45) is 0 Å². The minimum Gasteiger partial charge on any atom is -0.478 e. The van der Waals surface area contributed by atoms with E-state index in [0.717, 1.165) is 6.07 Å². The smallest absolute Gasteiger partial charge is 0.336 e. The Balaban J connectivity index is 2.10. The van der Waals surface area contributed by atoms with Gasteiger partial charge >= 0.3 is 5.97 Å². The molecule has 21 heavy (non-hydrogen) atoms. The third kappa shape index (κ3) is 3.82. The molecular weight excluding hydrogens is 362 g/mol. The molecule has 1 aliphatic carbocycles. The van der Waals surface area contributed by atoms with Crippen LogP contribution in [-0.2, 0) is 14.8 Å². The quantitative estimate of drug-likeness (QED) is 0.790. The van der Waals surface area contributed by atoms with E-state index >= 15 is 0 Å². The van der Waals surface area contributed by atoms with Gasteiger partial charge in [-0.2, -0.15) is 0 Å². The monoisotopic (exact) mass is 377 g/mol. The summed E-state index contributed by atoms with van der Waals surface area (Å²) in [6.45, 7) is 2.51. The average Bonchev–Trinajstić information content (AvgIpc) is 2.36. The Morgan fingerprint density at radius 3 is 2.71 bits per heavy atom. The Hall–Kier alpha value is -0.960. The molecule has 8 heteroatoms. The summed E-state index contributed by atoms with van der Waals surface area (Å²) >= 11 is 3.09. The summed E-state index contributed by atoms with van der Waals surface area (Å²) in [4.78, 5) is 11.0. The number of sulfonamides is 1. The lowest BCUT2D eigenvalue weighted by atomic mass is 9.90. The lowest BCUT2D eigenvalue weighted by Gasteiger charge is -2.35. The van der Waals surface area contributed by atoms with Gasteiger partial charge in [0.25, 0.3) is 0 Å². The van der Waals surface area contributed by atoms with Crippen molar-refractivity contribution in [3.8, 4) is 0 Å². The Labute approximate surface area is 131 Å². The van der Waals surface area contributed by atoms with Crippen molar-refractivity contribution in [3.05, 3.63) is 28.2 Å². The molecule has 0 unspecified atom stereocenters. The van der Waals surface area contributed by atoms with E-state index in [1.807, 2.05) is 6.92 Å². The number of hydrogen-bond donors (Lipinski definition) is 2. The molecule has 0 atom stereocenters. The zero-order valence-corrected chi connectivity index (χ0v) is 13.8. The maximum absolute atomic E-state index is 12.2. The minimum absolute atomic E-state index is 0.0528. The summed E-state index contributed by atoms with van der Waals surface area (Å²) < 4.78 is 32.7. The Morgan fingerprint density at radius 2 is 2.14 bits per heavy atom. The normalized spacial score (nSPS) is 21.8. The first-order valence-corrected chi connectivity index (χ1v) is 8.78. The summed E-state index contributed by atoms with van der Waals surface area (Å²) in [5, 5.41) is 9.03. The Bertz CT molecular complexity index is 640. The van der Waals surface area contributed by atoms with Gasteiger partial charge in [-0.25, -0.2) is 17.9 Å². The van der Waals surface area contributed by atoms with Crippen LogP contribution in [0.3, 0.4) is 0 Å². The highest BCUT2D eigenvalue weighted by molar-refractivity contribution is 9.10. The molecule has 0 spiro atoms. The fraction of sp³-hybridized carbons (Fsp3) is 0.462. The molecule has 2 rings (SSSR count). The lowest BCUT2D eigenvalue weighted by molar-refractivity contribution is -0.00476. The SMILES string of the molecule is CCOC1CC(NS(=O)(=O)c2ccc(Br)c(C(=O)O)c2)C1. The van der Waals surface area contributed by atoms with E-state index in [9.17, 15) is 13.2 Å². The fourth-order valence-corrected chi connectivity index (χ4v) is 3.86. The van der Waals surface area contributed by atoms with Gasteiger partial charge in [-0.3, -0.25) is 0 Å². The second-order valence-electron chi connectivity index (χ2n) is 4.81. The molecule has 0 radical (unpaired) electrons. The van der Waals surface area contributed by atoms with E-state index in [2.05, 4.69) is 20.7 Å². The molecule has 6 nitrogen and oxygen atoms in total. The summed E-state index contributed by atoms with van der Waals surface area (Å²) in [7, 11) is -3.72. The van der Waals surface area contributed by atoms with Crippen LogP contribution in [0.2, 0.25) is 0 Å². The average molecular weight is 378 g/mol. The van der Waals surface area contributed by atoms with Gasteiger partial charge < -0.3 is 9.84 Å². The van der Waals surface area contributed by atoms with E-state index < -0.39 is 16.0 Å². The van der Waals surface area contributed by atoms with Crippen molar-refractivity contribution in [1.82, 2.24) is 4.72 Å². The standard InChI is InChI=1S/C13H16BrNO5S/c1-2-20-9-5-8(6-9)15-21(18,19)10-3-4-12(14)11(7-10)13(16)17/h3-4,7-9,15H,2,5-6H2,1H3,(H,16,17). The van der Waals surface area contributed by atoms with Crippen LogP contribution < -0.4 is 4.72 Å². The number of benzene rings is 1. The molecule has 0 amide bonds. The van der Waals surface area contributed by atoms with Crippen molar-refractivity contribution in [2.75, 3.05) is 6.61 Å². The van der Waals surface area contributed by atoms with Gasteiger partial charge in [0, 0.05) is 17.1 Å². The number of nitrogens with one attached hydrogen (secondary N) is 1. The molecule has 0 aromatic heterocycles. The molecule has 1 saturated carbocycles. The van der Waals surface area contributed by atoms with Crippen molar-refractivity contribution in [3.63, 3.8) is 0 Å². The van der Waals surface area contributed by atoms with Crippen molar-refractivity contribution in [1.29, 1.82) is 0 Å². The molecule has 1 aromatic carbocycles. The van der Waals surface area contributed by atoms with Crippen LogP contribution in [0, 0.1) is 0 Å². The number of carboxylic acids is 1. The van der Waals surface area contributed by atoms with Gasteiger partial charge in [0.2, 0.25) is 10.0 Å². The van der Waals surface area contributed by atoms with Gasteiger partial charge in [-0.15, -0.1) is 0 Å². The third-order valence-corrected chi connectivity index (χ3v) is 5.51. The molecule has 0 aliphatic heterocycles. The first-order valence-electron chi connectivity index (χ1n) is 6.50. The van der Waals surface area contributed by atoms with Crippen LogP contribution in [-0.4, -0.2) is 38.2 Å². The first kappa shape index (κ1) is 16.4. The predicted molar refractivity (Wildman–Crippen MR) is 79.9 cm³/mol. The van der Waals surface area contributed by atoms with Crippen LogP contribution in [0.25, 0.3) is 0 Å². The largest absolute Gasteiger partial charge is 0.478 e. The second kappa shape index (κ2) is 6.43. The van der Waals surface area contributed by atoms with Gasteiger partial charge in [-0.05, 0) is 53.9 Å². The number of carbonyl (C=O) groups is 1. The molecule has 116 valence electrons. The second-order valence-corrected chi connectivity index (χ2v) is 7.38. The summed E-state index contributed by atoms with van der Waals surface area (Å²) in [6, 6.07) is 3.77. The zero-order chi connectivity index (χ0) is 15.6. The van der Waals surface area contributed by atoms with E-state index in [-0.39, 0.29) is 22.6 Å². The topological polar surface area (TPSA) is 92.7 Å². The highest BCUT2D eigenvalue weighted by Crippen LogP contribution is 2.26. The van der Waals surface area contributed by atoms with Crippen LogP contribution in [0.1, 0.15) is 30.1 Å². The fourth-order valence-electron chi connectivity index (χ4n) is 2.16. The van der Waals surface area contributed by atoms with Crippen LogP contribution in [0.5, 0.6) is 0 Å². The number of carboxylic acid groups (broad SMARTS) is 1. The molecule has 0 heterocycles. The van der Waals surface area contributed by atoms with Crippen molar-refractivity contribution < 1.29 is 23.1 Å². The molecule has 1 aromatic rings. The van der Waals surface area contributed by atoms with E-state index in [1.165, 1.54) is 12.1 Å². The minimum atomic E-state index is -3.72. The third-order valence-electron chi connectivity index (χ3n) is 3.30. The molecule has 0 saturated heterocycles. The van der Waals surface area contributed by atoms with E-state index in [0.29, 0.717) is 23.9 Å². The van der Waals surface area contributed by atoms with Crippen LogP contribution >= 0.6 is 15.9 Å². The molecular formula is C13H16BrNO5S. The number of ether oxygens (including phenoxy) is 1. The van der Waals surface area contributed by atoms with E-state index in [4.69, 9.17) is 9.84 Å². The van der Waals surface area contributed by atoms with Crippen LogP contribution in [0.4, 0.5) is 0 Å². The number of rotatable bonds is 6. The van der Waals surface area contributed by atoms with Gasteiger partial charge in [0.05, 0.1) is 16.6 Å². The van der Waals surface area contributed by atoms with Gasteiger partial charge in [-0.1, -0.05) is 0 Å². The lowest BCUT2D eigenvalue weighted by Crippen LogP contribution is -2.47. The van der Waals surface area contributed by atoms with Crippen molar-refractivity contribution in [2.45, 2.75) is 36.8 Å². The predicted octanol–water partition coefficient (Wildman–Crippen LogP) is 1.99. The van der Waals surface area contributed by atoms with Crippen LogP contribution in [0.15, 0.2) is 27.6 Å². The molecule has 2 N–H and O–H groups in total. The van der Waals surface area contributed by atoms with Gasteiger partial charge in [0.15, 0.2) is 0 Å².